The van der Waals surface area contributed by atoms with Gasteiger partial charge in [0.2, 0.25) is 0 Å². The van der Waals surface area contributed by atoms with Crippen molar-refractivity contribution in [3.8, 4) is 0 Å². The maximum absolute atomic E-state index is 5.67. The molecule has 1 aromatic heterocycles. The Balaban J connectivity index is 1.88. The number of thiophene rings is 1. The summed E-state index contributed by atoms with van der Waals surface area (Å²) < 4.78 is 0. The summed E-state index contributed by atoms with van der Waals surface area (Å²) in [5.74, 6) is 0.956. The molecule has 0 aromatic carbocycles. The van der Waals surface area contributed by atoms with E-state index in [1.54, 1.807) is 0 Å². The lowest BCUT2D eigenvalue weighted by Gasteiger charge is -2.30. The van der Waals surface area contributed by atoms with E-state index in [0.29, 0.717) is 6.54 Å². The van der Waals surface area contributed by atoms with Crippen LogP contribution in [0.15, 0.2) is 6.07 Å². The van der Waals surface area contributed by atoms with Crippen LogP contribution in [0, 0.1) is 12.8 Å². The van der Waals surface area contributed by atoms with Gasteiger partial charge in [0.25, 0.3) is 0 Å². The second-order valence-corrected chi connectivity index (χ2v) is 6.33. The maximum atomic E-state index is 5.67. The highest BCUT2D eigenvalue weighted by Gasteiger charge is 2.19. The molecule has 0 saturated heterocycles. The van der Waals surface area contributed by atoms with Gasteiger partial charge in [-0.3, -0.25) is 0 Å². The molecule has 2 rings (SSSR count). The monoisotopic (exact) mass is 238 g/mol. The van der Waals surface area contributed by atoms with Crippen LogP contribution < -0.4 is 5.73 Å². The molecule has 1 aliphatic rings. The van der Waals surface area contributed by atoms with Crippen LogP contribution in [0.2, 0.25) is 0 Å². The Kier molecular flexibility index (Phi) is 4.00. The van der Waals surface area contributed by atoms with Gasteiger partial charge >= 0.3 is 0 Å². The lowest BCUT2D eigenvalue weighted by atomic mass is 9.85. The normalized spacial score (nSPS) is 16.8. The van der Waals surface area contributed by atoms with Crippen molar-refractivity contribution in [2.45, 2.75) is 39.3 Å². The van der Waals surface area contributed by atoms with E-state index in [1.165, 1.54) is 41.1 Å². The Bertz CT molecular complexity index is 342. The molecule has 90 valence electrons. The Morgan fingerprint density at radius 3 is 2.75 bits per heavy atom. The van der Waals surface area contributed by atoms with Gasteiger partial charge in [0.15, 0.2) is 0 Å². The van der Waals surface area contributed by atoms with Crippen molar-refractivity contribution in [1.82, 2.24) is 4.90 Å². The summed E-state index contributed by atoms with van der Waals surface area (Å²) in [6.07, 6.45) is 4.30. The summed E-state index contributed by atoms with van der Waals surface area (Å²) in [5.41, 5.74) is 7.14. The third kappa shape index (κ3) is 2.84. The first kappa shape index (κ1) is 12.1. The van der Waals surface area contributed by atoms with E-state index in [2.05, 4.69) is 24.9 Å². The smallest absolute Gasteiger partial charge is 0.0274 e. The topological polar surface area (TPSA) is 29.3 Å². The quantitative estimate of drug-likeness (QED) is 0.854. The molecule has 2 nitrogen and oxygen atoms in total. The van der Waals surface area contributed by atoms with E-state index in [0.717, 1.165) is 12.5 Å². The van der Waals surface area contributed by atoms with E-state index in [9.17, 15) is 0 Å². The molecule has 1 aliphatic carbocycles. The van der Waals surface area contributed by atoms with Crippen molar-refractivity contribution < 1.29 is 0 Å². The first-order valence-corrected chi connectivity index (χ1v) is 6.97. The number of hydrogen-bond donors (Lipinski definition) is 1. The Labute approximate surface area is 102 Å². The largest absolute Gasteiger partial charge is 0.326 e. The van der Waals surface area contributed by atoms with Crippen LogP contribution in [0.25, 0.3) is 0 Å². The van der Waals surface area contributed by atoms with Gasteiger partial charge in [-0.05, 0) is 44.4 Å². The van der Waals surface area contributed by atoms with Gasteiger partial charge < -0.3 is 10.6 Å². The average Bonchev–Trinajstić information content (AvgIpc) is 2.54. The Morgan fingerprint density at radius 1 is 1.50 bits per heavy atom. The zero-order valence-electron chi connectivity index (χ0n) is 10.3. The first-order chi connectivity index (χ1) is 7.69. The molecule has 3 heteroatoms. The standard InChI is InChI=1S/C13H22N2S/c1-10-12(6-13(7-14)16-10)9-15(2)8-11-4-3-5-11/h6,11H,3-5,7-9,14H2,1-2H3. The third-order valence-corrected chi connectivity index (χ3v) is 4.62. The predicted molar refractivity (Wildman–Crippen MR) is 70.6 cm³/mol. The maximum Gasteiger partial charge on any atom is 0.0274 e. The minimum atomic E-state index is 0.678. The summed E-state index contributed by atoms with van der Waals surface area (Å²) in [6, 6.07) is 2.28. The minimum Gasteiger partial charge on any atom is -0.326 e. The molecule has 2 N–H and O–H groups in total. The molecule has 16 heavy (non-hydrogen) atoms. The molecule has 0 aliphatic heterocycles. The van der Waals surface area contributed by atoms with E-state index in [-0.39, 0.29) is 0 Å². The Morgan fingerprint density at radius 2 is 2.25 bits per heavy atom. The summed E-state index contributed by atoms with van der Waals surface area (Å²) >= 11 is 1.84. The van der Waals surface area contributed by atoms with Crippen LogP contribution in [-0.2, 0) is 13.1 Å². The number of nitrogens with two attached hydrogens (primary N) is 1. The third-order valence-electron chi connectivity index (χ3n) is 3.51. The highest BCUT2D eigenvalue weighted by Crippen LogP contribution is 2.28. The number of rotatable bonds is 5. The van der Waals surface area contributed by atoms with E-state index in [1.807, 2.05) is 11.3 Å². The van der Waals surface area contributed by atoms with Gasteiger partial charge in [-0.15, -0.1) is 11.3 Å². The molecular formula is C13H22N2S. The lowest BCUT2D eigenvalue weighted by Crippen LogP contribution is -2.29. The highest BCUT2D eigenvalue weighted by molar-refractivity contribution is 7.12. The molecular weight excluding hydrogens is 216 g/mol. The summed E-state index contributed by atoms with van der Waals surface area (Å²) in [5, 5.41) is 0. The van der Waals surface area contributed by atoms with Crippen LogP contribution in [0.4, 0.5) is 0 Å². The summed E-state index contributed by atoms with van der Waals surface area (Å²) in [6.45, 7) is 5.22. The van der Waals surface area contributed by atoms with Crippen LogP contribution in [0.3, 0.4) is 0 Å². The second-order valence-electron chi connectivity index (χ2n) is 4.99. The SMILES string of the molecule is Cc1sc(CN)cc1CN(C)CC1CCC1. The van der Waals surface area contributed by atoms with Crippen molar-refractivity contribution in [3.05, 3.63) is 21.4 Å². The van der Waals surface area contributed by atoms with Crippen LogP contribution >= 0.6 is 11.3 Å². The Hall–Kier alpha value is -0.380. The number of nitrogens with zero attached hydrogens (tertiary/aromatic N) is 1. The minimum absolute atomic E-state index is 0.678. The van der Waals surface area contributed by atoms with Crippen molar-refractivity contribution in [3.63, 3.8) is 0 Å². The van der Waals surface area contributed by atoms with Gasteiger partial charge in [-0.1, -0.05) is 6.42 Å². The molecule has 0 atom stereocenters. The van der Waals surface area contributed by atoms with Gasteiger partial charge in [0.1, 0.15) is 0 Å². The fourth-order valence-corrected chi connectivity index (χ4v) is 3.25. The highest BCUT2D eigenvalue weighted by atomic mass is 32.1. The van der Waals surface area contributed by atoms with E-state index >= 15 is 0 Å². The van der Waals surface area contributed by atoms with Crippen molar-refractivity contribution >= 4 is 11.3 Å². The number of aryl methyl sites for hydroxylation is 1. The van der Waals surface area contributed by atoms with Crippen LogP contribution in [-0.4, -0.2) is 18.5 Å². The van der Waals surface area contributed by atoms with Crippen LogP contribution in [0.1, 0.15) is 34.6 Å². The second kappa shape index (κ2) is 5.30. The van der Waals surface area contributed by atoms with Crippen molar-refractivity contribution in [2.75, 3.05) is 13.6 Å². The molecule has 1 heterocycles. The van der Waals surface area contributed by atoms with Crippen molar-refractivity contribution in [2.24, 2.45) is 11.7 Å². The first-order valence-electron chi connectivity index (χ1n) is 6.16. The van der Waals surface area contributed by atoms with Crippen molar-refractivity contribution in [1.29, 1.82) is 0 Å². The number of hydrogen-bond acceptors (Lipinski definition) is 3. The van der Waals surface area contributed by atoms with E-state index in [4.69, 9.17) is 5.73 Å². The van der Waals surface area contributed by atoms with Gasteiger partial charge in [-0.25, -0.2) is 0 Å². The van der Waals surface area contributed by atoms with Gasteiger partial charge in [0, 0.05) is 29.4 Å². The van der Waals surface area contributed by atoms with Gasteiger partial charge in [0.05, 0.1) is 0 Å². The lowest BCUT2D eigenvalue weighted by molar-refractivity contribution is 0.200. The zero-order valence-corrected chi connectivity index (χ0v) is 11.1. The fourth-order valence-electron chi connectivity index (χ4n) is 2.32. The molecule has 0 radical (unpaired) electrons. The molecule has 1 aromatic rings. The van der Waals surface area contributed by atoms with Gasteiger partial charge in [-0.2, -0.15) is 0 Å². The summed E-state index contributed by atoms with van der Waals surface area (Å²) in [4.78, 5) is 5.20. The fraction of sp³-hybridized carbons (Fsp3) is 0.692. The molecule has 0 spiro atoms. The van der Waals surface area contributed by atoms with Crippen LogP contribution in [0.5, 0.6) is 0 Å². The molecule has 0 unspecified atom stereocenters. The molecule has 0 bridgehead atoms. The molecule has 1 saturated carbocycles. The molecule has 0 amide bonds. The average molecular weight is 238 g/mol. The predicted octanol–water partition coefficient (Wildman–Crippen LogP) is 2.75. The molecule has 1 fully saturated rings. The summed E-state index contributed by atoms with van der Waals surface area (Å²) in [7, 11) is 2.23. The zero-order chi connectivity index (χ0) is 11.5. The van der Waals surface area contributed by atoms with E-state index < -0.39 is 0 Å².